The number of aryl methyl sites for hydroxylation is 3. The summed E-state index contributed by atoms with van der Waals surface area (Å²) in [5, 5.41) is 4.99. The lowest BCUT2D eigenvalue weighted by Crippen LogP contribution is -2.29. The van der Waals surface area contributed by atoms with Gasteiger partial charge in [0.15, 0.2) is 5.11 Å². The zero-order valence-corrected chi connectivity index (χ0v) is 21.3. The van der Waals surface area contributed by atoms with Crippen molar-refractivity contribution < 1.29 is 0 Å². The normalized spacial score (nSPS) is 17.8. The first kappa shape index (κ1) is 22.6. The molecule has 0 radical (unpaired) electrons. The van der Waals surface area contributed by atoms with Gasteiger partial charge in [-0.1, -0.05) is 41.4 Å². The van der Waals surface area contributed by atoms with Crippen molar-refractivity contribution in [1.29, 1.82) is 0 Å². The lowest BCUT2D eigenvalue weighted by Gasteiger charge is -2.28. The van der Waals surface area contributed by atoms with Crippen LogP contribution in [-0.4, -0.2) is 14.7 Å². The number of pyridine rings is 1. The standard InChI is InChI=1S/C28H27ClN4S/c1-17-8-12-22(13-9-17)33-27(26(31-28(33)34)24-7-5-6-14-30-24)23-15-19(3)32(20(23)4)25-16-21(29)11-10-18(25)2/h5-16,26-27H,1-4H3,(H,31,34)/t26-,27-/m0/s1. The van der Waals surface area contributed by atoms with Crippen LogP contribution in [0.15, 0.2) is 72.9 Å². The molecular weight excluding hydrogens is 460 g/mol. The van der Waals surface area contributed by atoms with Crippen LogP contribution >= 0.6 is 23.8 Å². The molecule has 4 nitrogen and oxygen atoms in total. The third kappa shape index (κ3) is 3.89. The maximum atomic E-state index is 6.39. The Bertz CT molecular complexity index is 1360. The molecule has 1 aliphatic rings. The van der Waals surface area contributed by atoms with Crippen molar-refractivity contribution in [2.75, 3.05) is 4.90 Å². The second-order valence-corrected chi connectivity index (χ2v) is 9.75. The first-order valence-electron chi connectivity index (χ1n) is 11.4. The summed E-state index contributed by atoms with van der Waals surface area (Å²) in [5.41, 5.74) is 9.04. The van der Waals surface area contributed by atoms with Crippen LogP contribution in [-0.2, 0) is 0 Å². The summed E-state index contributed by atoms with van der Waals surface area (Å²) in [7, 11) is 0. The Morgan fingerprint density at radius 1 is 0.941 bits per heavy atom. The van der Waals surface area contributed by atoms with E-state index in [1.54, 1.807) is 0 Å². The van der Waals surface area contributed by atoms with Crippen LogP contribution in [0.1, 0.15) is 45.9 Å². The number of nitrogens with one attached hydrogen (secondary N) is 1. The SMILES string of the molecule is Cc1ccc(N2C(=S)N[C@@H](c3ccccn3)[C@@H]2c2cc(C)n(-c3cc(Cl)ccc3C)c2C)cc1. The highest BCUT2D eigenvalue weighted by Crippen LogP contribution is 2.44. The van der Waals surface area contributed by atoms with E-state index < -0.39 is 0 Å². The number of nitrogens with zero attached hydrogens (tertiary/aromatic N) is 3. The molecule has 0 aliphatic carbocycles. The van der Waals surface area contributed by atoms with Gasteiger partial charge < -0.3 is 14.8 Å². The molecule has 1 aliphatic heterocycles. The van der Waals surface area contributed by atoms with E-state index in [0.29, 0.717) is 5.11 Å². The van der Waals surface area contributed by atoms with E-state index in [9.17, 15) is 0 Å². The van der Waals surface area contributed by atoms with Crippen LogP contribution < -0.4 is 10.2 Å². The third-order valence-electron chi connectivity index (χ3n) is 6.61. The molecule has 0 amide bonds. The monoisotopic (exact) mass is 486 g/mol. The Kier molecular flexibility index (Phi) is 5.92. The molecule has 2 atom stereocenters. The van der Waals surface area contributed by atoms with Gasteiger partial charge in [0, 0.05) is 34.0 Å². The molecule has 0 bridgehead atoms. The van der Waals surface area contributed by atoms with Crippen LogP contribution in [0.3, 0.4) is 0 Å². The number of thiocarbonyl (C=S) groups is 1. The van der Waals surface area contributed by atoms with E-state index in [1.165, 1.54) is 16.7 Å². The Morgan fingerprint density at radius 2 is 1.71 bits per heavy atom. The summed E-state index contributed by atoms with van der Waals surface area (Å²) in [5.74, 6) is 0. The number of halogens is 1. The van der Waals surface area contributed by atoms with Gasteiger partial charge in [-0.3, -0.25) is 4.98 Å². The Morgan fingerprint density at radius 3 is 2.41 bits per heavy atom. The smallest absolute Gasteiger partial charge is 0.174 e. The molecule has 4 aromatic rings. The number of rotatable bonds is 4. The second kappa shape index (κ2) is 8.90. The highest BCUT2D eigenvalue weighted by molar-refractivity contribution is 7.80. The minimum Gasteiger partial charge on any atom is -0.351 e. The maximum absolute atomic E-state index is 6.39. The average Bonchev–Trinajstić information content (AvgIpc) is 3.32. The molecule has 0 unspecified atom stereocenters. The second-order valence-electron chi connectivity index (χ2n) is 8.92. The number of anilines is 1. The van der Waals surface area contributed by atoms with Gasteiger partial charge in [0.25, 0.3) is 0 Å². The van der Waals surface area contributed by atoms with Gasteiger partial charge in [-0.2, -0.15) is 0 Å². The summed E-state index contributed by atoms with van der Waals surface area (Å²) >= 11 is 12.3. The molecule has 2 aromatic heterocycles. The summed E-state index contributed by atoms with van der Waals surface area (Å²) in [6, 6.07) is 22.7. The van der Waals surface area contributed by atoms with Gasteiger partial charge in [-0.25, -0.2) is 0 Å². The zero-order chi connectivity index (χ0) is 24.0. The molecule has 1 saturated heterocycles. The van der Waals surface area contributed by atoms with Gasteiger partial charge in [0.05, 0.1) is 17.8 Å². The van der Waals surface area contributed by atoms with Crippen molar-refractivity contribution in [3.8, 4) is 5.69 Å². The van der Waals surface area contributed by atoms with Crippen molar-refractivity contribution in [3.63, 3.8) is 0 Å². The van der Waals surface area contributed by atoms with Gasteiger partial charge in [0.2, 0.25) is 0 Å². The van der Waals surface area contributed by atoms with Gasteiger partial charge in [0.1, 0.15) is 0 Å². The van der Waals surface area contributed by atoms with Crippen LogP contribution in [0, 0.1) is 27.7 Å². The van der Waals surface area contributed by atoms with Crippen LogP contribution in [0.5, 0.6) is 0 Å². The predicted octanol–water partition coefficient (Wildman–Crippen LogP) is 6.94. The van der Waals surface area contributed by atoms with E-state index in [1.807, 2.05) is 30.5 Å². The van der Waals surface area contributed by atoms with Gasteiger partial charge in [-0.05, 0) is 93.5 Å². The summed E-state index contributed by atoms with van der Waals surface area (Å²) < 4.78 is 2.29. The van der Waals surface area contributed by atoms with E-state index in [4.69, 9.17) is 23.8 Å². The summed E-state index contributed by atoms with van der Waals surface area (Å²) in [6.07, 6.45) is 1.84. The molecule has 5 rings (SSSR count). The lowest BCUT2D eigenvalue weighted by atomic mass is 9.96. The first-order valence-corrected chi connectivity index (χ1v) is 12.2. The molecule has 6 heteroatoms. The average molecular weight is 487 g/mol. The topological polar surface area (TPSA) is 33.1 Å². The third-order valence-corrected chi connectivity index (χ3v) is 7.16. The number of benzene rings is 2. The lowest BCUT2D eigenvalue weighted by molar-refractivity contribution is 0.565. The molecule has 3 heterocycles. The van der Waals surface area contributed by atoms with Crippen molar-refractivity contribution in [1.82, 2.24) is 14.9 Å². The van der Waals surface area contributed by atoms with Crippen LogP contribution in [0.25, 0.3) is 5.69 Å². The summed E-state index contributed by atoms with van der Waals surface area (Å²) in [4.78, 5) is 6.91. The number of aromatic nitrogens is 2. The van der Waals surface area contributed by atoms with Crippen molar-refractivity contribution in [3.05, 3.63) is 112 Å². The van der Waals surface area contributed by atoms with Crippen molar-refractivity contribution in [2.24, 2.45) is 0 Å². The Balaban J connectivity index is 1.70. The van der Waals surface area contributed by atoms with Gasteiger partial charge >= 0.3 is 0 Å². The summed E-state index contributed by atoms with van der Waals surface area (Å²) in [6.45, 7) is 8.53. The highest BCUT2D eigenvalue weighted by atomic mass is 35.5. The molecular formula is C28H27ClN4S. The van der Waals surface area contributed by atoms with E-state index in [2.05, 4.69) is 89.9 Å². The molecule has 172 valence electrons. The molecule has 0 spiro atoms. The fourth-order valence-corrected chi connectivity index (χ4v) is 5.45. The molecule has 1 fully saturated rings. The Hall–Kier alpha value is -3.15. The van der Waals surface area contributed by atoms with E-state index >= 15 is 0 Å². The van der Waals surface area contributed by atoms with E-state index in [-0.39, 0.29) is 12.1 Å². The number of hydrogen-bond acceptors (Lipinski definition) is 2. The minimum atomic E-state index is -0.0792. The van der Waals surface area contributed by atoms with Gasteiger partial charge in [-0.15, -0.1) is 0 Å². The molecule has 0 saturated carbocycles. The number of hydrogen-bond donors (Lipinski definition) is 1. The zero-order valence-electron chi connectivity index (χ0n) is 19.7. The fraction of sp³-hybridized carbons (Fsp3) is 0.214. The largest absolute Gasteiger partial charge is 0.351 e. The van der Waals surface area contributed by atoms with Crippen molar-refractivity contribution in [2.45, 2.75) is 39.8 Å². The Labute approximate surface area is 211 Å². The molecule has 2 aromatic carbocycles. The minimum absolute atomic E-state index is 0.0513. The van der Waals surface area contributed by atoms with E-state index in [0.717, 1.165) is 33.5 Å². The van der Waals surface area contributed by atoms with Crippen LogP contribution in [0.2, 0.25) is 5.02 Å². The highest BCUT2D eigenvalue weighted by Gasteiger charge is 2.42. The fourth-order valence-electron chi connectivity index (χ4n) is 4.94. The molecule has 1 N–H and O–H groups in total. The molecule has 34 heavy (non-hydrogen) atoms. The first-order chi connectivity index (χ1) is 16.3. The van der Waals surface area contributed by atoms with Crippen molar-refractivity contribution >= 4 is 34.6 Å². The van der Waals surface area contributed by atoms with Crippen LogP contribution in [0.4, 0.5) is 5.69 Å². The quantitative estimate of drug-likeness (QED) is 0.317. The predicted molar refractivity (Wildman–Crippen MR) is 144 cm³/mol. The maximum Gasteiger partial charge on any atom is 0.174 e.